The van der Waals surface area contributed by atoms with Crippen LogP contribution in [0.5, 0.6) is 11.5 Å². The monoisotopic (exact) mass is 262 g/mol. The number of benzene rings is 1. The second-order valence-corrected chi connectivity index (χ2v) is 4.00. The molecule has 0 radical (unpaired) electrons. The van der Waals surface area contributed by atoms with Gasteiger partial charge in [-0.2, -0.15) is 5.10 Å². The highest BCUT2D eigenvalue weighted by Gasteiger charge is 2.16. The number of aryl methyl sites for hydroxylation is 1. The van der Waals surface area contributed by atoms with Crippen LogP contribution in [0, 0.1) is 6.92 Å². The molecule has 1 heterocycles. The molecule has 0 saturated carbocycles. The van der Waals surface area contributed by atoms with Crippen molar-refractivity contribution in [1.29, 1.82) is 0 Å². The molecule has 19 heavy (non-hydrogen) atoms. The van der Waals surface area contributed by atoms with E-state index in [0.29, 0.717) is 22.8 Å². The summed E-state index contributed by atoms with van der Waals surface area (Å²) in [6.45, 7) is 1.88. The fourth-order valence-corrected chi connectivity index (χ4v) is 1.89. The van der Waals surface area contributed by atoms with E-state index in [9.17, 15) is 4.79 Å². The largest absolute Gasteiger partial charge is 0.497 e. The highest BCUT2D eigenvalue weighted by atomic mass is 16.5. The van der Waals surface area contributed by atoms with Gasteiger partial charge in [0.15, 0.2) is 0 Å². The van der Waals surface area contributed by atoms with Crippen LogP contribution in [-0.4, -0.2) is 35.5 Å². The minimum absolute atomic E-state index is 0.0255. The lowest BCUT2D eigenvalue weighted by Gasteiger charge is -2.11. The van der Waals surface area contributed by atoms with Gasteiger partial charge in [-0.25, -0.2) is 4.79 Å². The molecule has 6 nitrogen and oxygen atoms in total. The summed E-state index contributed by atoms with van der Waals surface area (Å²) >= 11 is 0. The molecule has 2 aromatic rings. The van der Waals surface area contributed by atoms with Crippen molar-refractivity contribution in [2.75, 3.05) is 14.2 Å². The third kappa shape index (κ3) is 2.37. The number of hydrogen-bond acceptors (Lipinski definition) is 4. The number of nitrogens with one attached hydrogen (secondary N) is 1. The molecule has 0 fully saturated rings. The van der Waals surface area contributed by atoms with Gasteiger partial charge in [-0.15, -0.1) is 0 Å². The van der Waals surface area contributed by atoms with Gasteiger partial charge in [0.2, 0.25) is 0 Å². The van der Waals surface area contributed by atoms with E-state index in [0.717, 1.165) is 5.56 Å². The number of aromatic nitrogens is 2. The second-order valence-electron chi connectivity index (χ2n) is 4.00. The molecule has 2 N–H and O–H groups in total. The Labute approximate surface area is 110 Å². The molecule has 1 aromatic carbocycles. The highest BCUT2D eigenvalue weighted by Crippen LogP contribution is 2.35. The first-order valence-electron chi connectivity index (χ1n) is 5.58. The lowest BCUT2D eigenvalue weighted by Crippen LogP contribution is -1.95. The Morgan fingerprint density at radius 1 is 1.26 bits per heavy atom. The number of hydrogen-bond donors (Lipinski definition) is 2. The summed E-state index contributed by atoms with van der Waals surface area (Å²) in [4.78, 5) is 10.9. The normalized spacial score (nSPS) is 10.3. The summed E-state index contributed by atoms with van der Waals surface area (Å²) in [5, 5.41) is 15.4. The van der Waals surface area contributed by atoms with Crippen molar-refractivity contribution in [3.63, 3.8) is 0 Å². The Bertz CT molecular complexity index is 619. The van der Waals surface area contributed by atoms with E-state index < -0.39 is 5.97 Å². The van der Waals surface area contributed by atoms with Crippen LogP contribution < -0.4 is 9.47 Å². The molecular weight excluding hydrogens is 248 g/mol. The van der Waals surface area contributed by atoms with Gasteiger partial charge in [0, 0.05) is 5.56 Å². The number of ether oxygens (including phenoxy) is 2. The molecule has 2 rings (SSSR count). The number of carboxylic acid groups (broad SMARTS) is 1. The van der Waals surface area contributed by atoms with Gasteiger partial charge >= 0.3 is 5.97 Å². The molecule has 0 spiro atoms. The van der Waals surface area contributed by atoms with Crippen molar-refractivity contribution < 1.29 is 19.4 Å². The molecule has 0 aliphatic rings. The molecule has 1 aromatic heterocycles. The Kier molecular flexibility index (Phi) is 3.41. The van der Waals surface area contributed by atoms with E-state index in [1.165, 1.54) is 6.07 Å². The fourth-order valence-electron chi connectivity index (χ4n) is 1.89. The van der Waals surface area contributed by atoms with Crippen LogP contribution >= 0.6 is 0 Å². The van der Waals surface area contributed by atoms with Crippen LogP contribution in [0.25, 0.3) is 11.3 Å². The lowest BCUT2D eigenvalue weighted by molar-refractivity contribution is 0.0690. The Balaban J connectivity index is 2.58. The van der Waals surface area contributed by atoms with Crippen molar-refractivity contribution in [2.24, 2.45) is 0 Å². The maximum absolute atomic E-state index is 10.9. The van der Waals surface area contributed by atoms with Gasteiger partial charge in [0.1, 0.15) is 17.2 Å². The van der Waals surface area contributed by atoms with E-state index in [1.807, 2.05) is 13.0 Å². The number of methoxy groups -OCH3 is 2. The third-order valence-electron chi connectivity index (χ3n) is 2.77. The molecule has 0 saturated heterocycles. The van der Waals surface area contributed by atoms with Crippen LogP contribution in [0.4, 0.5) is 0 Å². The van der Waals surface area contributed by atoms with Gasteiger partial charge < -0.3 is 14.6 Å². The summed E-state index contributed by atoms with van der Waals surface area (Å²) in [7, 11) is 3.13. The molecule has 100 valence electrons. The minimum Gasteiger partial charge on any atom is -0.497 e. The van der Waals surface area contributed by atoms with Crippen LogP contribution in [-0.2, 0) is 0 Å². The second kappa shape index (κ2) is 5.01. The Hall–Kier alpha value is -2.50. The molecule has 0 atom stereocenters. The zero-order valence-corrected chi connectivity index (χ0v) is 10.9. The van der Waals surface area contributed by atoms with Crippen molar-refractivity contribution >= 4 is 5.97 Å². The van der Waals surface area contributed by atoms with Gasteiger partial charge in [-0.1, -0.05) is 0 Å². The summed E-state index contributed by atoms with van der Waals surface area (Å²) in [6.07, 6.45) is 0. The van der Waals surface area contributed by atoms with Gasteiger partial charge in [0.25, 0.3) is 0 Å². The number of aromatic carboxylic acids is 1. The molecule has 0 aliphatic carbocycles. The maximum Gasteiger partial charge on any atom is 0.353 e. The van der Waals surface area contributed by atoms with E-state index in [-0.39, 0.29) is 5.69 Å². The maximum atomic E-state index is 10.9. The van der Waals surface area contributed by atoms with Crippen LogP contribution in [0.15, 0.2) is 18.2 Å². The van der Waals surface area contributed by atoms with Crippen molar-refractivity contribution in [2.45, 2.75) is 6.92 Å². The standard InChI is InChI=1S/C13H14N2O4/c1-7-4-8(18-2)5-9(12(7)19-3)10-6-11(13(16)17)15-14-10/h4-6H,1-3H3,(H,14,15)(H,16,17). The molecule has 0 bridgehead atoms. The predicted octanol–water partition coefficient (Wildman–Crippen LogP) is 2.10. The number of aromatic amines is 1. The van der Waals surface area contributed by atoms with Crippen molar-refractivity contribution in [3.8, 4) is 22.8 Å². The minimum atomic E-state index is -1.06. The molecule has 0 aliphatic heterocycles. The van der Waals surface area contributed by atoms with Crippen molar-refractivity contribution in [3.05, 3.63) is 29.5 Å². The fraction of sp³-hybridized carbons (Fsp3) is 0.231. The summed E-state index contributed by atoms with van der Waals surface area (Å²) in [6, 6.07) is 5.06. The molecular formula is C13H14N2O4. The lowest BCUT2D eigenvalue weighted by atomic mass is 10.1. The zero-order chi connectivity index (χ0) is 14.0. The Morgan fingerprint density at radius 3 is 2.53 bits per heavy atom. The quantitative estimate of drug-likeness (QED) is 0.881. The van der Waals surface area contributed by atoms with Gasteiger partial charge in [0.05, 0.1) is 19.9 Å². The van der Waals surface area contributed by atoms with E-state index in [1.54, 1.807) is 20.3 Å². The van der Waals surface area contributed by atoms with E-state index in [2.05, 4.69) is 10.2 Å². The van der Waals surface area contributed by atoms with E-state index >= 15 is 0 Å². The number of carbonyl (C=O) groups is 1. The van der Waals surface area contributed by atoms with Crippen LogP contribution in [0.1, 0.15) is 16.1 Å². The SMILES string of the molecule is COc1cc(C)c(OC)c(-c2cc(C(=O)O)[nH]n2)c1. The van der Waals surface area contributed by atoms with Crippen LogP contribution in [0.3, 0.4) is 0 Å². The summed E-state index contributed by atoms with van der Waals surface area (Å²) in [5.74, 6) is 0.245. The zero-order valence-electron chi connectivity index (χ0n) is 10.9. The topological polar surface area (TPSA) is 84.4 Å². The number of carboxylic acids is 1. The first-order chi connectivity index (χ1) is 9.06. The predicted molar refractivity (Wildman–Crippen MR) is 68.8 cm³/mol. The third-order valence-corrected chi connectivity index (χ3v) is 2.77. The summed E-state index contributed by atoms with van der Waals surface area (Å²) < 4.78 is 10.5. The highest BCUT2D eigenvalue weighted by molar-refractivity contribution is 5.87. The average molecular weight is 262 g/mol. The van der Waals surface area contributed by atoms with Crippen LogP contribution in [0.2, 0.25) is 0 Å². The molecule has 0 amide bonds. The summed E-state index contributed by atoms with van der Waals surface area (Å²) in [5.41, 5.74) is 2.09. The average Bonchev–Trinajstić information content (AvgIpc) is 2.87. The number of nitrogens with zero attached hydrogens (tertiary/aromatic N) is 1. The van der Waals surface area contributed by atoms with Gasteiger partial charge in [-0.3, -0.25) is 5.10 Å². The Morgan fingerprint density at radius 2 is 2.00 bits per heavy atom. The van der Waals surface area contributed by atoms with E-state index in [4.69, 9.17) is 14.6 Å². The number of H-pyrrole nitrogens is 1. The first-order valence-corrected chi connectivity index (χ1v) is 5.58. The molecule has 0 unspecified atom stereocenters. The van der Waals surface area contributed by atoms with Gasteiger partial charge in [-0.05, 0) is 30.7 Å². The number of rotatable bonds is 4. The first kappa shape index (κ1) is 12.9. The molecule has 6 heteroatoms. The van der Waals surface area contributed by atoms with Crippen molar-refractivity contribution in [1.82, 2.24) is 10.2 Å². The smallest absolute Gasteiger partial charge is 0.353 e.